The molecule has 112 valence electrons. The average Bonchev–Trinajstić information content (AvgIpc) is 2.91. The quantitative estimate of drug-likeness (QED) is 0.791. The summed E-state index contributed by atoms with van der Waals surface area (Å²) in [6, 6.07) is 6.74. The fourth-order valence-electron chi connectivity index (χ4n) is 1.93. The van der Waals surface area contributed by atoms with Crippen molar-refractivity contribution < 1.29 is 8.42 Å². The molecule has 0 aliphatic rings. The van der Waals surface area contributed by atoms with Gasteiger partial charge in [-0.2, -0.15) is 11.3 Å². The number of sulfonamides is 1. The molecule has 0 aliphatic heterocycles. The monoisotopic (exact) mass is 340 g/mol. The van der Waals surface area contributed by atoms with Crippen LogP contribution in [0.4, 0.5) is 0 Å². The molecule has 0 bridgehead atoms. The van der Waals surface area contributed by atoms with Gasteiger partial charge < -0.3 is 5.73 Å². The molecule has 1 heterocycles. The Balaban J connectivity index is 2.08. The predicted octanol–water partition coefficient (Wildman–Crippen LogP) is 2.21. The lowest BCUT2D eigenvalue weighted by Gasteiger charge is -2.09. The van der Waals surface area contributed by atoms with Crippen LogP contribution in [-0.4, -0.2) is 20.0 Å². The minimum Gasteiger partial charge on any atom is -0.389 e. The van der Waals surface area contributed by atoms with E-state index < -0.39 is 10.0 Å². The lowest BCUT2D eigenvalue weighted by molar-refractivity contribution is 0.581. The standard InChI is InChI=1S/C14H16N2O2S3/c1-10-8-12(2-3-13(10)14(15)19)21(17,18)16-6-4-11-5-7-20-9-11/h2-3,5,7-9,16H,4,6H2,1H3,(H2,15,19). The summed E-state index contributed by atoms with van der Waals surface area (Å²) in [5, 5.41) is 3.98. The first kappa shape index (κ1) is 16.1. The van der Waals surface area contributed by atoms with Crippen LogP contribution in [-0.2, 0) is 16.4 Å². The van der Waals surface area contributed by atoms with Crippen LogP contribution < -0.4 is 10.5 Å². The van der Waals surface area contributed by atoms with Crippen molar-refractivity contribution in [1.82, 2.24) is 4.72 Å². The van der Waals surface area contributed by atoms with Gasteiger partial charge in [0.15, 0.2) is 0 Å². The van der Waals surface area contributed by atoms with E-state index in [1.165, 1.54) is 6.07 Å². The summed E-state index contributed by atoms with van der Waals surface area (Å²) in [6.45, 7) is 2.16. The third-order valence-electron chi connectivity index (χ3n) is 3.06. The third-order valence-corrected chi connectivity index (χ3v) is 5.47. The topological polar surface area (TPSA) is 72.2 Å². The van der Waals surface area contributed by atoms with Crippen molar-refractivity contribution >= 4 is 38.6 Å². The van der Waals surface area contributed by atoms with Gasteiger partial charge in [0.05, 0.1) is 4.90 Å². The Hall–Kier alpha value is -1.28. The number of nitrogens with two attached hydrogens (primary N) is 1. The van der Waals surface area contributed by atoms with Gasteiger partial charge in [0, 0.05) is 12.1 Å². The third kappa shape index (κ3) is 4.10. The number of hydrogen-bond donors (Lipinski definition) is 2. The minimum absolute atomic E-state index is 0.227. The zero-order valence-electron chi connectivity index (χ0n) is 11.5. The van der Waals surface area contributed by atoms with Crippen molar-refractivity contribution in [2.24, 2.45) is 5.73 Å². The van der Waals surface area contributed by atoms with E-state index in [4.69, 9.17) is 18.0 Å². The summed E-state index contributed by atoms with van der Waals surface area (Å²) in [6.07, 6.45) is 0.673. The lowest BCUT2D eigenvalue weighted by Crippen LogP contribution is -2.26. The molecular weight excluding hydrogens is 324 g/mol. The molecule has 4 nitrogen and oxygen atoms in total. The van der Waals surface area contributed by atoms with Crippen LogP contribution in [0.15, 0.2) is 39.9 Å². The lowest BCUT2D eigenvalue weighted by atomic mass is 10.1. The first-order chi connectivity index (χ1) is 9.90. The van der Waals surface area contributed by atoms with E-state index in [0.717, 1.165) is 11.1 Å². The molecular formula is C14H16N2O2S3. The zero-order valence-corrected chi connectivity index (χ0v) is 13.9. The average molecular weight is 340 g/mol. The van der Waals surface area contributed by atoms with Crippen molar-refractivity contribution in [1.29, 1.82) is 0 Å². The number of hydrogen-bond acceptors (Lipinski definition) is 4. The van der Waals surface area contributed by atoms with Crippen LogP contribution in [0.1, 0.15) is 16.7 Å². The van der Waals surface area contributed by atoms with Crippen LogP contribution in [0.3, 0.4) is 0 Å². The summed E-state index contributed by atoms with van der Waals surface area (Å²) in [5.74, 6) is 0. The SMILES string of the molecule is Cc1cc(S(=O)(=O)NCCc2ccsc2)ccc1C(N)=S. The minimum atomic E-state index is -3.51. The number of thiophene rings is 1. The van der Waals surface area contributed by atoms with Gasteiger partial charge in [0.25, 0.3) is 0 Å². The largest absolute Gasteiger partial charge is 0.389 e. The summed E-state index contributed by atoms with van der Waals surface area (Å²) in [5.41, 5.74) is 8.15. The highest BCUT2D eigenvalue weighted by Crippen LogP contribution is 2.15. The molecule has 0 unspecified atom stereocenters. The van der Waals surface area contributed by atoms with Crippen LogP contribution in [0, 0.1) is 6.92 Å². The van der Waals surface area contributed by atoms with Gasteiger partial charge in [0.1, 0.15) is 4.99 Å². The highest BCUT2D eigenvalue weighted by atomic mass is 32.2. The zero-order chi connectivity index (χ0) is 15.5. The van der Waals surface area contributed by atoms with E-state index in [-0.39, 0.29) is 9.88 Å². The number of nitrogens with one attached hydrogen (secondary N) is 1. The van der Waals surface area contributed by atoms with Gasteiger partial charge in [-0.05, 0) is 53.4 Å². The van der Waals surface area contributed by atoms with Crippen LogP contribution in [0.2, 0.25) is 0 Å². The molecule has 7 heteroatoms. The number of thiocarbonyl (C=S) groups is 1. The molecule has 0 saturated carbocycles. The molecule has 3 N–H and O–H groups in total. The van der Waals surface area contributed by atoms with Gasteiger partial charge in [0.2, 0.25) is 10.0 Å². The van der Waals surface area contributed by atoms with E-state index >= 15 is 0 Å². The second-order valence-corrected chi connectivity index (χ2v) is 7.61. The van der Waals surface area contributed by atoms with Gasteiger partial charge in [-0.25, -0.2) is 13.1 Å². The van der Waals surface area contributed by atoms with E-state index in [1.54, 1.807) is 30.4 Å². The fourth-order valence-corrected chi connectivity index (χ4v) is 3.98. The van der Waals surface area contributed by atoms with Crippen molar-refractivity contribution in [3.8, 4) is 0 Å². The maximum absolute atomic E-state index is 12.2. The fraction of sp³-hybridized carbons (Fsp3) is 0.214. The van der Waals surface area contributed by atoms with E-state index in [1.807, 2.05) is 16.8 Å². The molecule has 1 aromatic heterocycles. The molecule has 0 aliphatic carbocycles. The van der Waals surface area contributed by atoms with Crippen molar-refractivity contribution in [2.45, 2.75) is 18.2 Å². The Morgan fingerprint density at radius 1 is 1.38 bits per heavy atom. The Morgan fingerprint density at radius 3 is 2.71 bits per heavy atom. The predicted molar refractivity (Wildman–Crippen MR) is 90.3 cm³/mol. The molecule has 0 spiro atoms. The molecule has 21 heavy (non-hydrogen) atoms. The smallest absolute Gasteiger partial charge is 0.240 e. The molecule has 0 fully saturated rings. The van der Waals surface area contributed by atoms with Crippen LogP contribution in [0.25, 0.3) is 0 Å². The van der Waals surface area contributed by atoms with E-state index in [9.17, 15) is 8.42 Å². The Kier molecular flexibility index (Phi) is 5.10. The molecule has 1 aromatic carbocycles. The van der Waals surface area contributed by atoms with Crippen LogP contribution >= 0.6 is 23.6 Å². The van der Waals surface area contributed by atoms with Crippen molar-refractivity contribution in [2.75, 3.05) is 6.54 Å². The van der Waals surface area contributed by atoms with Gasteiger partial charge in [-0.3, -0.25) is 0 Å². The van der Waals surface area contributed by atoms with Gasteiger partial charge in [-0.1, -0.05) is 18.3 Å². The number of benzene rings is 1. The second-order valence-electron chi connectivity index (χ2n) is 4.62. The summed E-state index contributed by atoms with van der Waals surface area (Å²) in [4.78, 5) is 0.493. The summed E-state index contributed by atoms with van der Waals surface area (Å²) < 4.78 is 27.0. The van der Waals surface area contributed by atoms with Crippen molar-refractivity contribution in [3.63, 3.8) is 0 Å². The molecule has 0 radical (unpaired) electrons. The molecule has 0 saturated heterocycles. The van der Waals surface area contributed by atoms with Gasteiger partial charge in [-0.15, -0.1) is 0 Å². The molecule has 0 atom stereocenters. The van der Waals surface area contributed by atoms with Gasteiger partial charge >= 0.3 is 0 Å². The Labute approximate surface area is 134 Å². The van der Waals surface area contributed by atoms with Crippen molar-refractivity contribution in [3.05, 3.63) is 51.7 Å². The second kappa shape index (κ2) is 6.65. The highest BCUT2D eigenvalue weighted by molar-refractivity contribution is 7.89. The normalized spacial score (nSPS) is 11.5. The van der Waals surface area contributed by atoms with E-state index in [2.05, 4.69) is 4.72 Å². The molecule has 2 rings (SSSR count). The first-order valence-corrected chi connectivity index (χ1v) is 9.15. The molecule has 0 amide bonds. The van der Waals surface area contributed by atoms with Crippen LogP contribution in [0.5, 0.6) is 0 Å². The summed E-state index contributed by atoms with van der Waals surface area (Å²) >= 11 is 6.51. The highest BCUT2D eigenvalue weighted by Gasteiger charge is 2.15. The Bertz CT molecular complexity index is 738. The number of rotatable bonds is 6. The maximum atomic E-state index is 12.2. The maximum Gasteiger partial charge on any atom is 0.240 e. The van der Waals surface area contributed by atoms with E-state index in [0.29, 0.717) is 18.5 Å². The first-order valence-electron chi connectivity index (χ1n) is 6.31. The Morgan fingerprint density at radius 2 is 2.14 bits per heavy atom. The molecule has 2 aromatic rings. The summed E-state index contributed by atoms with van der Waals surface area (Å²) in [7, 11) is -3.51. The number of aryl methyl sites for hydroxylation is 1.